The van der Waals surface area contributed by atoms with E-state index in [0.717, 1.165) is 31.5 Å². The van der Waals surface area contributed by atoms with Crippen LogP contribution in [-0.2, 0) is 13.0 Å². The molecule has 1 fully saturated rings. The van der Waals surface area contributed by atoms with Crippen LogP contribution in [0.3, 0.4) is 0 Å². The summed E-state index contributed by atoms with van der Waals surface area (Å²) < 4.78 is 4.05. The van der Waals surface area contributed by atoms with Gasteiger partial charge in [-0.05, 0) is 26.2 Å². The average Bonchev–Trinajstić information content (AvgIpc) is 2.58. The van der Waals surface area contributed by atoms with E-state index in [-0.39, 0.29) is 5.56 Å². The lowest BCUT2D eigenvalue weighted by molar-refractivity contribution is 0.330. The van der Waals surface area contributed by atoms with Crippen LogP contribution >= 0.6 is 0 Å². The van der Waals surface area contributed by atoms with Gasteiger partial charge in [-0.15, -0.1) is 0 Å². The first-order valence-corrected chi connectivity index (χ1v) is 7.30. The van der Waals surface area contributed by atoms with Crippen LogP contribution in [0.5, 0.6) is 0 Å². The van der Waals surface area contributed by atoms with Crippen LogP contribution in [0.2, 0.25) is 0 Å². The molecule has 0 radical (unpaired) electrons. The van der Waals surface area contributed by atoms with E-state index >= 15 is 0 Å². The smallest absolute Gasteiger partial charge is 0.290 e. The molecule has 1 saturated carbocycles. The van der Waals surface area contributed by atoms with Gasteiger partial charge in [-0.2, -0.15) is 0 Å². The van der Waals surface area contributed by atoms with E-state index in [1.165, 1.54) is 25.7 Å². The second-order valence-electron chi connectivity index (χ2n) is 5.22. The number of rotatable bonds is 3. The highest BCUT2D eigenvalue weighted by Crippen LogP contribution is 2.27. The molecule has 0 bridgehead atoms. The lowest BCUT2D eigenvalue weighted by Crippen LogP contribution is -2.28. The molecule has 1 aromatic rings. The standard InChI is InChI=1S/C14H25N3O/c1-3-12-13(15)14(18)17(16(12)4-2)11-9-7-5-6-8-10-11/h11H,3-10,15H2,1-2H3. The van der Waals surface area contributed by atoms with E-state index in [9.17, 15) is 4.79 Å². The molecule has 0 aromatic carbocycles. The maximum atomic E-state index is 12.4. The van der Waals surface area contributed by atoms with Gasteiger partial charge < -0.3 is 5.73 Å². The molecule has 1 heterocycles. The van der Waals surface area contributed by atoms with Crippen molar-refractivity contribution in [3.05, 3.63) is 16.0 Å². The number of nitrogens with two attached hydrogens (primary N) is 1. The molecule has 2 N–H and O–H groups in total. The Hall–Kier alpha value is -1.19. The minimum absolute atomic E-state index is 0.0283. The van der Waals surface area contributed by atoms with Crippen molar-refractivity contribution in [2.45, 2.75) is 71.4 Å². The van der Waals surface area contributed by atoms with Crippen LogP contribution in [0.15, 0.2) is 4.79 Å². The van der Waals surface area contributed by atoms with Crippen molar-refractivity contribution in [3.8, 4) is 0 Å². The van der Waals surface area contributed by atoms with Crippen LogP contribution < -0.4 is 11.3 Å². The fourth-order valence-electron chi connectivity index (χ4n) is 3.21. The Bertz CT molecular complexity index is 450. The summed E-state index contributed by atoms with van der Waals surface area (Å²) in [6.07, 6.45) is 8.12. The summed E-state index contributed by atoms with van der Waals surface area (Å²) in [7, 11) is 0. The zero-order valence-electron chi connectivity index (χ0n) is 11.6. The molecule has 1 aromatic heterocycles. The topological polar surface area (TPSA) is 53.0 Å². The van der Waals surface area contributed by atoms with Crippen molar-refractivity contribution in [2.75, 3.05) is 5.73 Å². The highest BCUT2D eigenvalue weighted by molar-refractivity contribution is 5.41. The van der Waals surface area contributed by atoms with E-state index in [2.05, 4.69) is 18.5 Å². The molecule has 102 valence electrons. The van der Waals surface area contributed by atoms with Crippen molar-refractivity contribution >= 4 is 5.69 Å². The van der Waals surface area contributed by atoms with Gasteiger partial charge in [0.15, 0.2) is 0 Å². The average molecular weight is 251 g/mol. The molecule has 2 rings (SSSR count). The third-order valence-electron chi connectivity index (χ3n) is 4.13. The monoisotopic (exact) mass is 251 g/mol. The van der Waals surface area contributed by atoms with Gasteiger partial charge in [0.25, 0.3) is 5.56 Å². The van der Waals surface area contributed by atoms with Crippen LogP contribution in [0.4, 0.5) is 5.69 Å². The molecule has 4 heteroatoms. The molecule has 18 heavy (non-hydrogen) atoms. The van der Waals surface area contributed by atoms with Crippen molar-refractivity contribution < 1.29 is 0 Å². The molecule has 1 aliphatic rings. The van der Waals surface area contributed by atoms with Crippen LogP contribution in [-0.4, -0.2) is 9.36 Å². The Morgan fingerprint density at radius 3 is 2.28 bits per heavy atom. The zero-order valence-corrected chi connectivity index (χ0v) is 11.6. The van der Waals surface area contributed by atoms with Crippen molar-refractivity contribution in [1.82, 2.24) is 9.36 Å². The number of nitrogen functional groups attached to an aromatic ring is 1. The summed E-state index contributed by atoms with van der Waals surface area (Å²) in [4.78, 5) is 12.4. The van der Waals surface area contributed by atoms with Crippen LogP contribution in [0, 0.1) is 0 Å². The molecule has 0 saturated heterocycles. The summed E-state index contributed by atoms with van der Waals surface area (Å²) in [5.74, 6) is 0. The van der Waals surface area contributed by atoms with E-state index in [0.29, 0.717) is 11.7 Å². The predicted molar refractivity (Wildman–Crippen MR) is 74.9 cm³/mol. The fraction of sp³-hybridized carbons (Fsp3) is 0.786. The molecular formula is C14H25N3O. The van der Waals surface area contributed by atoms with Crippen LogP contribution in [0.25, 0.3) is 0 Å². The second-order valence-corrected chi connectivity index (χ2v) is 5.22. The second kappa shape index (κ2) is 5.63. The van der Waals surface area contributed by atoms with Crippen molar-refractivity contribution in [2.24, 2.45) is 0 Å². The molecule has 0 aliphatic heterocycles. The van der Waals surface area contributed by atoms with E-state index in [4.69, 9.17) is 5.73 Å². The largest absolute Gasteiger partial charge is 0.393 e. The number of hydrogen-bond acceptors (Lipinski definition) is 2. The number of hydrogen-bond donors (Lipinski definition) is 1. The zero-order chi connectivity index (χ0) is 13.1. The minimum atomic E-state index is 0.0283. The van der Waals surface area contributed by atoms with Gasteiger partial charge in [-0.25, -0.2) is 4.68 Å². The van der Waals surface area contributed by atoms with Gasteiger partial charge >= 0.3 is 0 Å². The van der Waals surface area contributed by atoms with Gasteiger partial charge in [0.1, 0.15) is 5.69 Å². The van der Waals surface area contributed by atoms with Gasteiger partial charge in [-0.1, -0.05) is 32.6 Å². The maximum absolute atomic E-state index is 12.4. The molecule has 0 unspecified atom stereocenters. The summed E-state index contributed by atoms with van der Waals surface area (Å²) in [5.41, 5.74) is 7.48. The lowest BCUT2D eigenvalue weighted by Gasteiger charge is -2.20. The number of aromatic nitrogens is 2. The van der Waals surface area contributed by atoms with E-state index in [1.807, 2.05) is 4.68 Å². The third kappa shape index (κ3) is 2.20. The number of anilines is 1. The first kappa shape index (κ1) is 13.2. The molecule has 0 atom stereocenters. The Labute approximate surface area is 109 Å². The Morgan fingerprint density at radius 2 is 1.78 bits per heavy atom. The summed E-state index contributed by atoms with van der Waals surface area (Å²) >= 11 is 0. The SMILES string of the molecule is CCc1c(N)c(=O)n(C2CCCCCC2)n1CC. The fourth-order valence-corrected chi connectivity index (χ4v) is 3.21. The highest BCUT2D eigenvalue weighted by atomic mass is 16.1. The first-order chi connectivity index (χ1) is 8.70. The van der Waals surface area contributed by atoms with Gasteiger partial charge in [0.2, 0.25) is 0 Å². The molecule has 4 nitrogen and oxygen atoms in total. The van der Waals surface area contributed by atoms with Gasteiger partial charge in [-0.3, -0.25) is 9.48 Å². The Morgan fingerprint density at radius 1 is 1.17 bits per heavy atom. The van der Waals surface area contributed by atoms with E-state index < -0.39 is 0 Å². The quantitative estimate of drug-likeness (QED) is 0.840. The Balaban J connectivity index is 2.45. The Kier molecular flexibility index (Phi) is 4.15. The van der Waals surface area contributed by atoms with Gasteiger partial charge in [0.05, 0.1) is 11.7 Å². The molecule has 0 spiro atoms. The molecular weight excluding hydrogens is 226 g/mol. The maximum Gasteiger partial charge on any atom is 0.290 e. The normalized spacial score (nSPS) is 17.9. The van der Waals surface area contributed by atoms with E-state index in [1.54, 1.807) is 0 Å². The van der Waals surface area contributed by atoms with Crippen molar-refractivity contribution in [1.29, 1.82) is 0 Å². The first-order valence-electron chi connectivity index (χ1n) is 7.30. The third-order valence-corrected chi connectivity index (χ3v) is 4.13. The minimum Gasteiger partial charge on any atom is -0.393 e. The predicted octanol–water partition coefficient (Wildman–Crippen LogP) is 2.71. The molecule has 1 aliphatic carbocycles. The molecule has 0 amide bonds. The summed E-state index contributed by atoms with van der Waals surface area (Å²) in [6, 6.07) is 0.350. The van der Waals surface area contributed by atoms with Gasteiger partial charge in [0, 0.05) is 6.54 Å². The summed E-state index contributed by atoms with van der Waals surface area (Å²) in [6.45, 7) is 4.98. The van der Waals surface area contributed by atoms with Crippen LogP contribution in [0.1, 0.15) is 64.1 Å². The number of nitrogens with zero attached hydrogens (tertiary/aromatic N) is 2. The van der Waals surface area contributed by atoms with Crippen molar-refractivity contribution in [3.63, 3.8) is 0 Å². The highest BCUT2D eigenvalue weighted by Gasteiger charge is 2.22. The summed E-state index contributed by atoms with van der Waals surface area (Å²) in [5, 5.41) is 0. The lowest BCUT2D eigenvalue weighted by atomic mass is 10.1.